The zero-order chi connectivity index (χ0) is 22.7. The lowest BCUT2D eigenvalue weighted by Crippen LogP contribution is -2.23. The van der Waals surface area contributed by atoms with Gasteiger partial charge in [0.05, 0.1) is 37.1 Å². The minimum atomic E-state index is -0.195. The monoisotopic (exact) mass is 430 g/mol. The van der Waals surface area contributed by atoms with Crippen molar-refractivity contribution in [3.05, 3.63) is 71.9 Å². The average molecular weight is 431 g/mol. The van der Waals surface area contributed by atoms with Gasteiger partial charge in [0.25, 0.3) is 5.91 Å². The van der Waals surface area contributed by atoms with Crippen LogP contribution in [0.3, 0.4) is 0 Å². The molecule has 0 spiro atoms. The molecule has 0 fully saturated rings. The van der Waals surface area contributed by atoms with Crippen molar-refractivity contribution in [2.75, 3.05) is 14.2 Å². The first-order chi connectivity index (χ1) is 15.5. The number of carbonyl (C=O) groups excluding carboxylic acids is 1. The van der Waals surface area contributed by atoms with Gasteiger partial charge in [-0.25, -0.2) is 9.67 Å². The number of benzene rings is 2. The molecule has 32 heavy (non-hydrogen) atoms. The summed E-state index contributed by atoms with van der Waals surface area (Å²) >= 11 is 0. The van der Waals surface area contributed by atoms with E-state index in [-0.39, 0.29) is 11.9 Å². The Morgan fingerprint density at radius 1 is 1.03 bits per heavy atom. The normalized spacial score (nSPS) is 11.0. The highest BCUT2D eigenvalue weighted by molar-refractivity contribution is 6.06. The highest BCUT2D eigenvalue weighted by atomic mass is 16.5. The Balaban J connectivity index is 1.70. The van der Waals surface area contributed by atoms with Crippen molar-refractivity contribution in [2.45, 2.75) is 26.4 Å². The van der Waals surface area contributed by atoms with Gasteiger partial charge in [0, 0.05) is 24.2 Å². The summed E-state index contributed by atoms with van der Waals surface area (Å²) in [5.74, 6) is 1.15. The molecule has 7 heteroatoms. The van der Waals surface area contributed by atoms with Gasteiger partial charge in [0.15, 0.2) is 5.65 Å². The Bertz CT molecular complexity index is 1230. The van der Waals surface area contributed by atoms with Crippen LogP contribution in [-0.4, -0.2) is 34.9 Å². The second-order valence-corrected chi connectivity index (χ2v) is 7.74. The Morgan fingerprint density at radius 3 is 2.34 bits per heavy atom. The molecule has 1 N–H and O–H groups in total. The fourth-order valence-electron chi connectivity index (χ4n) is 3.59. The van der Waals surface area contributed by atoms with Crippen molar-refractivity contribution in [3.8, 4) is 22.8 Å². The molecule has 0 saturated carbocycles. The van der Waals surface area contributed by atoms with Gasteiger partial charge in [-0.05, 0) is 37.6 Å². The molecule has 2 heterocycles. The number of rotatable bonds is 7. The number of amides is 1. The fraction of sp³-hybridized carbons (Fsp3) is 0.240. The molecule has 4 aromatic rings. The van der Waals surface area contributed by atoms with E-state index in [0.29, 0.717) is 29.3 Å². The van der Waals surface area contributed by atoms with E-state index >= 15 is 0 Å². The Labute approximate surface area is 187 Å². The van der Waals surface area contributed by atoms with Gasteiger partial charge in [-0.2, -0.15) is 5.10 Å². The van der Waals surface area contributed by atoms with Gasteiger partial charge in [0.2, 0.25) is 0 Å². The van der Waals surface area contributed by atoms with E-state index in [1.165, 1.54) is 0 Å². The average Bonchev–Trinajstić information content (AvgIpc) is 3.26. The maximum absolute atomic E-state index is 13.3. The second-order valence-electron chi connectivity index (χ2n) is 7.74. The van der Waals surface area contributed by atoms with Crippen molar-refractivity contribution in [3.63, 3.8) is 0 Å². The molecule has 2 aromatic heterocycles. The Morgan fingerprint density at radius 2 is 1.72 bits per heavy atom. The molecule has 4 rings (SSSR count). The predicted molar refractivity (Wildman–Crippen MR) is 124 cm³/mol. The highest BCUT2D eigenvalue weighted by Crippen LogP contribution is 2.27. The topological polar surface area (TPSA) is 78.3 Å². The van der Waals surface area contributed by atoms with Crippen molar-refractivity contribution < 1.29 is 14.3 Å². The van der Waals surface area contributed by atoms with Crippen LogP contribution in [0.5, 0.6) is 11.5 Å². The summed E-state index contributed by atoms with van der Waals surface area (Å²) in [5.41, 5.74) is 3.78. The van der Waals surface area contributed by atoms with E-state index in [9.17, 15) is 4.79 Å². The number of nitrogens with one attached hydrogen (secondary N) is 1. The molecule has 7 nitrogen and oxygen atoms in total. The van der Waals surface area contributed by atoms with Crippen LogP contribution in [0.25, 0.3) is 22.3 Å². The SMILES string of the molecule is COc1cc(CNC(=O)c2cc(-c3ccccc3)nc3c2cnn3C(C)C)cc(OC)c1. The quantitative estimate of drug-likeness (QED) is 0.463. The van der Waals surface area contributed by atoms with Crippen LogP contribution in [0.2, 0.25) is 0 Å². The molecule has 0 unspecified atom stereocenters. The van der Waals surface area contributed by atoms with E-state index in [2.05, 4.69) is 10.4 Å². The van der Waals surface area contributed by atoms with Gasteiger partial charge < -0.3 is 14.8 Å². The third kappa shape index (κ3) is 4.27. The van der Waals surface area contributed by atoms with Crippen molar-refractivity contribution in [1.82, 2.24) is 20.1 Å². The van der Waals surface area contributed by atoms with Crippen LogP contribution in [0, 0.1) is 0 Å². The smallest absolute Gasteiger partial charge is 0.252 e. The van der Waals surface area contributed by atoms with Gasteiger partial charge in [0.1, 0.15) is 11.5 Å². The molecule has 0 aliphatic carbocycles. The number of hydrogen-bond acceptors (Lipinski definition) is 5. The lowest BCUT2D eigenvalue weighted by atomic mass is 10.1. The van der Waals surface area contributed by atoms with Crippen molar-refractivity contribution >= 4 is 16.9 Å². The summed E-state index contributed by atoms with van der Waals surface area (Å²) in [5, 5.41) is 8.21. The number of pyridine rings is 1. The van der Waals surface area contributed by atoms with Crippen LogP contribution in [0.1, 0.15) is 35.8 Å². The molecule has 0 aliphatic rings. The second kappa shape index (κ2) is 9.09. The zero-order valence-corrected chi connectivity index (χ0v) is 18.6. The molecule has 0 radical (unpaired) electrons. The van der Waals surface area contributed by atoms with Crippen LogP contribution in [0.4, 0.5) is 0 Å². The zero-order valence-electron chi connectivity index (χ0n) is 18.6. The first kappa shape index (κ1) is 21.4. The molecule has 0 saturated heterocycles. The third-order valence-corrected chi connectivity index (χ3v) is 5.23. The minimum Gasteiger partial charge on any atom is -0.497 e. The first-order valence-electron chi connectivity index (χ1n) is 10.4. The summed E-state index contributed by atoms with van der Waals surface area (Å²) in [4.78, 5) is 18.1. The van der Waals surface area contributed by atoms with E-state index in [0.717, 1.165) is 22.2 Å². The van der Waals surface area contributed by atoms with Crippen molar-refractivity contribution in [1.29, 1.82) is 0 Å². The molecular formula is C25H26N4O3. The van der Waals surface area contributed by atoms with Gasteiger partial charge >= 0.3 is 0 Å². The lowest BCUT2D eigenvalue weighted by molar-refractivity contribution is 0.0952. The Kier molecular flexibility index (Phi) is 6.07. The lowest BCUT2D eigenvalue weighted by Gasteiger charge is -2.12. The molecule has 0 atom stereocenters. The number of ether oxygens (including phenoxy) is 2. The summed E-state index contributed by atoms with van der Waals surface area (Å²) in [7, 11) is 3.20. The van der Waals surface area contributed by atoms with Crippen molar-refractivity contribution in [2.24, 2.45) is 0 Å². The number of fused-ring (bicyclic) bond motifs is 1. The van der Waals surface area contributed by atoms with Crippen LogP contribution in [0.15, 0.2) is 60.8 Å². The van der Waals surface area contributed by atoms with E-state index in [1.807, 2.05) is 67.1 Å². The predicted octanol–water partition coefficient (Wildman–Crippen LogP) is 4.63. The highest BCUT2D eigenvalue weighted by Gasteiger charge is 2.18. The number of nitrogens with zero attached hydrogens (tertiary/aromatic N) is 3. The number of carbonyl (C=O) groups is 1. The standard InChI is InChI=1S/C25H26N4O3/c1-16(2)29-24-22(15-27-29)21(13-23(28-24)18-8-6-5-7-9-18)25(30)26-14-17-10-19(31-3)12-20(11-17)32-4/h5-13,15-16H,14H2,1-4H3,(H,26,30). The van der Waals surface area contributed by atoms with Gasteiger partial charge in [-0.15, -0.1) is 0 Å². The van der Waals surface area contributed by atoms with Crippen LogP contribution >= 0.6 is 0 Å². The molecule has 2 aromatic carbocycles. The third-order valence-electron chi connectivity index (χ3n) is 5.23. The molecule has 164 valence electrons. The number of methoxy groups -OCH3 is 2. The minimum absolute atomic E-state index is 0.117. The maximum atomic E-state index is 13.3. The summed E-state index contributed by atoms with van der Waals surface area (Å²) in [6.45, 7) is 4.41. The summed E-state index contributed by atoms with van der Waals surface area (Å²) in [6, 6.07) is 17.3. The largest absolute Gasteiger partial charge is 0.497 e. The molecule has 1 amide bonds. The molecular weight excluding hydrogens is 404 g/mol. The maximum Gasteiger partial charge on any atom is 0.252 e. The summed E-state index contributed by atoms with van der Waals surface area (Å²) in [6.07, 6.45) is 1.71. The van der Waals surface area contributed by atoms with Crippen LogP contribution < -0.4 is 14.8 Å². The van der Waals surface area contributed by atoms with Crippen LogP contribution in [-0.2, 0) is 6.54 Å². The Hall–Kier alpha value is -3.87. The van der Waals surface area contributed by atoms with Gasteiger partial charge in [-0.1, -0.05) is 30.3 Å². The van der Waals surface area contributed by atoms with E-state index in [1.54, 1.807) is 26.5 Å². The molecule has 0 bridgehead atoms. The molecule has 0 aliphatic heterocycles. The number of hydrogen-bond donors (Lipinski definition) is 1. The first-order valence-corrected chi connectivity index (χ1v) is 10.4. The fourth-order valence-corrected chi connectivity index (χ4v) is 3.59. The van der Waals surface area contributed by atoms with E-state index in [4.69, 9.17) is 14.5 Å². The van der Waals surface area contributed by atoms with E-state index < -0.39 is 0 Å². The number of aromatic nitrogens is 3. The summed E-state index contributed by atoms with van der Waals surface area (Å²) < 4.78 is 12.5. The van der Waals surface area contributed by atoms with Gasteiger partial charge in [-0.3, -0.25) is 4.79 Å².